The molecule has 0 bridgehead atoms. The number of fused-ring (bicyclic) bond motifs is 4. The third-order valence-corrected chi connectivity index (χ3v) is 5.47. The lowest BCUT2D eigenvalue weighted by Crippen LogP contribution is -2.66. The Morgan fingerprint density at radius 3 is 2.62 bits per heavy atom. The molecule has 2 heterocycles. The van der Waals surface area contributed by atoms with E-state index in [1.807, 2.05) is 11.0 Å². The van der Waals surface area contributed by atoms with Gasteiger partial charge >= 0.3 is 0 Å². The second-order valence-electron chi connectivity index (χ2n) is 8.03. The van der Waals surface area contributed by atoms with Gasteiger partial charge in [-0.25, -0.2) is 4.98 Å². The minimum Gasteiger partial charge on any atom is -0.494 e. The first-order valence-electron chi connectivity index (χ1n) is 8.36. The van der Waals surface area contributed by atoms with Crippen LogP contribution >= 0.6 is 15.9 Å². The molecule has 0 saturated heterocycles. The van der Waals surface area contributed by atoms with Crippen molar-refractivity contribution in [2.24, 2.45) is 5.41 Å². The highest BCUT2D eigenvalue weighted by Crippen LogP contribution is 2.56. The average molecular weight is 392 g/mol. The normalized spacial score (nSPS) is 18.3. The second-order valence-corrected chi connectivity index (χ2v) is 8.94. The summed E-state index contributed by atoms with van der Waals surface area (Å²) in [6.45, 7) is 6.30. The largest absolute Gasteiger partial charge is 0.494 e. The summed E-state index contributed by atoms with van der Waals surface area (Å²) in [6.07, 6.45) is 3.66. The number of rotatable bonds is 2. The van der Waals surface area contributed by atoms with Gasteiger partial charge in [0.2, 0.25) is 11.9 Å². The standard InChI is InChI=1S/C18H22BrN3O2/c1-17(2,3)10-14(23)22-16-20-15-12(8-11(19)9-13(15)24-4)21(16)18(22)6-5-7-18/h8-9H,5-7,10H2,1-4H3. The van der Waals surface area contributed by atoms with Gasteiger partial charge in [-0.3, -0.25) is 14.3 Å². The number of carbonyl (C=O) groups excluding carboxylic acids is 1. The van der Waals surface area contributed by atoms with Crippen molar-refractivity contribution in [2.75, 3.05) is 12.0 Å². The molecule has 1 saturated carbocycles. The summed E-state index contributed by atoms with van der Waals surface area (Å²) in [4.78, 5) is 19.6. The van der Waals surface area contributed by atoms with Crippen LogP contribution in [0.15, 0.2) is 16.6 Å². The van der Waals surface area contributed by atoms with E-state index >= 15 is 0 Å². The number of aromatic nitrogens is 2. The number of hydrogen-bond donors (Lipinski definition) is 0. The summed E-state index contributed by atoms with van der Waals surface area (Å²) >= 11 is 3.55. The van der Waals surface area contributed by atoms with E-state index in [9.17, 15) is 4.79 Å². The molecule has 4 rings (SSSR count). The number of benzene rings is 1. The molecule has 1 aromatic carbocycles. The predicted molar refractivity (Wildman–Crippen MR) is 97.4 cm³/mol. The van der Waals surface area contributed by atoms with Gasteiger partial charge in [0.15, 0.2) is 0 Å². The van der Waals surface area contributed by atoms with Crippen LogP contribution < -0.4 is 9.64 Å². The van der Waals surface area contributed by atoms with Gasteiger partial charge < -0.3 is 4.74 Å². The van der Waals surface area contributed by atoms with Crippen LogP contribution in [-0.4, -0.2) is 22.6 Å². The molecular weight excluding hydrogens is 370 g/mol. The van der Waals surface area contributed by atoms with E-state index in [4.69, 9.17) is 9.72 Å². The Bertz CT molecular complexity index is 846. The van der Waals surface area contributed by atoms with Crippen molar-refractivity contribution in [3.63, 3.8) is 0 Å². The van der Waals surface area contributed by atoms with Gasteiger partial charge in [0, 0.05) is 10.9 Å². The lowest BCUT2D eigenvalue weighted by atomic mass is 9.79. The topological polar surface area (TPSA) is 47.4 Å². The summed E-state index contributed by atoms with van der Waals surface area (Å²) in [5.41, 5.74) is 1.62. The molecule has 5 nitrogen and oxygen atoms in total. The maximum absolute atomic E-state index is 12.9. The first-order valence-corrected chi connectivity index (χ1v) is 9.16. The van der Waals surface area contributed by atoms with Crippen LogP contribution in [0.25, 0.3) is 11.0 Å². The SMILES string of the molecule is COc1cc(Br)cc2c1nc1n2C2(CCC2)N1C(=O)CC(C)(C)C. The lowest BCUT2D eigenvalue weighted by molar-refractivity contribution is -0.125. The van der Waals surface area contributed by atoms with Gasteiger partial charge in [-0.05, 0) is 36.8 Å². The van der Waals surface area contributed by atoms with Crippen LogP contribution in [0.5, 0.6) is 5.75 Å². The molecule has 24 heavy (non-hydrogen) atoms. The summed E-state index contributed by atoms with van der Waals surface area (Å²) in [5.74, 6) is 1.66. The third-order valence-electron chi connectivity index (χ3n) is 5.01. The Labute approximate surface area is 150 Å². The predicted octanol–water partition coefficient (Wildman–Crippen LogP) is 4.43. The summed E-state index contributed by atoms with van der Waals surface area (Å²) < 4.78 is 8.69. The van der Waals surface area contributed by atoms with E-state index in [0.717, 1.165) is 46.5 Å². The van der Waals surface area contributed by atoms with Crippen LogP contribution in [0.3, 0.4) is 0 Å². The summed E-state index contributed by atoms with van der Waals surface area (Å²) in [5, 5.41) is 0. The number of methoxy groups -OCH3 is 1. The van der Waals surface area contributed by atoms with Gasteiger partial charge in [0.25, 0.3) is 0 Å². The van der Waals surface area contributed by atoms with Crippen LogP contribution in [0.1, 0.15) is 46.5 Å². The fourth-order valence-corrected chi connectivity index (χ4v) is 4.30. The van der Waals surface area contributed by atoms with Crippen molar-refractivity contribution in [3.05, 3.63) is 16.6 Å². The van der Waals surface area contributed by atoms with Crippen LogP contribution in [0, 0.1) is 5.41 Å². The van der Waals surface area contributed by atoms with Crippen molar-refractivity contribution in [3.8, 4) is 5.75 Å². The first kappa shape index (κ1) is 15.9. The van der Waals surface area contributed by atoms with Gasteiger partial charge in [0.1, 0.15) is 16.9 Å². The molecule has 0 unspecified atom stereocenters. The van der Waals surface area contributed by atoms with Crippen molar-refractivity contribution in [1.29, 1.82) is 0 Å². The smallest absolute Gasteiger partial charge is 0.231 e. The maximum atomic E-state index is 12.9. The van der Waals surface area contributed by atoms with Crippen LogP contribution in [0.2, 0.25) is 0 Å². The number of hydrogen-bond acceptors (Lipinski definition) is 3. The second kappa shape index (κ2) is 4.97. The monoisotopic (exact) mass is 391 g/mol. The van der Waals surface area contributed by atoms with Crippen molar-refractivity contribution in [1.82, 2.24) is 9.55 Å². The first-order chi connectivity index (χ1) is 11.3. The fraction of sp³-hybridized carbons (Fsp3) is 0.556. The minimum atomic E-state index is -0.210. The fourth-order valence-electron chi connectivity index (χ4n) is 3.87. The zero-order valence-electron chi connectivity index (χ0n) is 14.5. The highest BCUT2D eigenvalue weighted by atomic mass is 79.9. The Hall–Kier alpha value is -1.56. The van der Waals surface area contributed by atoms with Crippen LogP contribution in [0.4, 0.5) is 5.95 Å². The van der Waals surface area contributed by atoms with E-state index in [-0.39, 0.29) is 17.0 Å². The van der Waals surface area contributed by atoms with Gasteiger partial charge in [-0.15, -0.1) is 0 Å². The Balaban J connectivity index is 1.86. The minimum absolute atomic E-state index is 0.0326. The highest BCUT2D eigenvalue weighted by molar-refractivity contribution is 9.10. The average Bonchev–Trinajstić information content (AvgIpc) is 2.69. The lowest BCUT2D eigenvalue weighted by Gasteiger charge is -2.58. The number of halogens is 1. The molecule has 1 aliphatic carbocycles. The number of amides is 1. The molecule has 1 amide bonds. The van der Waals surface area contributed by atoms with E-state index in [2.05, 4.69) is 47.3 Å². The molecule has 0 atom stereocenters. The molecule has 1 spiro atoms. The molecular formula is C18H22BrN3O2. The molecule has 128 valence electrons. The third kappa shape index (κ3) is 2.05. The Morgan fingerprint density at radius 2 is 2.08 bits per heavy atom. The zero-order chi connectivity index (χ0) is 17.3. The molecule has 2 aliphatic rings. The number of ether oxygens (including phenoxy) is 1. The molecule has 6 heteroatoms. The van der Waals surface area contributed by atoms with E-state index in [1.54, 1.807) is 7.11 Å². The molecule has 0 N–H and O–H groups in total. The molecule has 1 aliphatic heterocycles. The molecule has 0 radical (unpaired) electrons. The number of carbonyl (C=O) groups is 1. The van der Waals surface area contributed by atoms with Gasteiger partial charge in [0.05, 0.1) is 12.6 Å². The molecule has 2 aromatic rings. The van der Waals surface area contributed by atoms with E-state index in [1.165, 1.54) is 0 Å². The van der Waals surface area contributed by atoms with Crippen molar-refractivity contribution < 1.29 is 9.53 Å². The molecule has 1 fully saturated rings. The van der Waals surface area contributed by atoms with E-state index < -0.39 is 0 Å². The zero-order valence-corrected chi connectivity index (χ0v) is 16.1. The van der Waals surface area contributed by atoms with Crippen molar-refractivity contribution >= 4 is 38.8 Å². The number of imidazole rings is 1. The van der Waals surface area contributed by atoms with Crippen LogP contribution in [-0.2, 0) is 10.5 Å². The Morgan fingerprint density at radius 1 is 1.38 bits per heavy atom. The number of nitrogens with zero attached hydrogens (tertiary/aromatic N) is 3. The van der Waals surface area contributed by atoms with E-state index in [0.29, 0.717) is 6.42 Å². The number of anilines is 1. The quantitative estimate of drug-likeness (QED) is 0.760. The maximum Gasteiger partial charge on any atom is 0.231 e. The summed E-state index contributed by atoms with van der Waals surface area (Å²) in [7, 11) is 1.65. The van der Waals surface area contributed by atoms with Gasteiger partial charge in [-0.2, -0.15) is 0 Å². The molecule has 1 aromatic heterocycles. The Kier molecular flexibility index (Phi) is 3.30. The van der Waals surface area contributed by atoms with Crippen molar-refractivity contribution in [2.45, 2.75) is 52.1 Å². The highest BCUT2D eigenvalue weighted by Gasteiger charge is 2.58. The van der Waals surface area contributed by atoms with Gasteiger partial charge in [-0.1, -0.05) is 36.7 Å². The summed E-state index contributed by atoms with van der Waals surface area (Å²) in [6, 6.07) is 3.99.